The van der Waals surface area contributed by atoms with Crippen LogP contribution in [0.15, 0.2) is 12.1 Å². The number of non-ortho nitro benzene ring substituents is 1. The second-order valence-corrected chi connectivity index (χ2v) is 5.71. The average molecular weight is 335 g/mol. The number of benzene rings is 1. The van der Waals surface area contributed by atoms with E-state index in [0.29, 0.717) is 28.6 Å². The smallest absolute Gasteiger partial charge is 0.306 e. The second kappa shape index (κ2) is 6.88. The van der Waals surface area contributed by atoms with E-state index in [0.717, 1.165) is 5.69 Å². The molecule has 24 heavy (non-hydrogen) atoms. The topological polar surface area (TPSA) is 121 Å². The summed E-state index contributed by atoms with van der Waals surface area (Å²) in [5, 5.41) is 21.3. The summed E-state index contributed by atoms with van der Waals surface area (Å²) in [4.78, 5) is 22.5. The fourth-order valence-electron chi connectivity index (χ4n) is 3.07. The van der Waals surface area contributed by atoms with Crippen LogP contribution in [0.1, 0.15) is 17.7 Å². The third kappa shape index (κ3) is 2.92. The highest BCUT2D eigenvalue weighted by Crippen LogP contribution is 2.39. The highest BCUT2D eigenvalue weighted by atomic mass is 16.6. The summed E-state index contributed by atoms with van der Waals surface area (Å²) in [6.45, 7) is 2.06. The zero-order valence-corrected chi connectivity index (χ0v) is 13.9. The maximum Gasteiger partial charge on any atom is 0.306 e. The van der Waals surface area contributed by atoms with Gasteiger partial charge in [-0.15, -0.1) is 0 Å². The molecule has 0 saturated heterocycles. The van der Waals surface area contributed by atoms with E-state index in [-0.39, 0.29) is 18.7 Å². The molecule has 0 saturated carbocycles. The zero-order valence-electron chi connectivity index (χ0n) is 13.9. The summed E-state index contributed by atoms with van der Waals surface area (Å²) in [5.74, 6) is -1.13. The normalized spacial score (nSPS) is 12.3. The largest absolute Gasteiger partial charge is 0.495 e. The number of nitrogens with zero attached hydrogens (tertiary/aromatic N) is 2. The Hall–Kier alpha value is -2.61. The number of aryl methyl sites for hydroxylation is 1. The van der Waals surface area contributed by atoms with E-state index in [9.17, 15) is 20.0 Å². The average Bonchev–Trinajstić information content (AvgIpc) is 2.78. The first kappa shape index (κ1) is 17.7. The third-order valence-electron chi connectivity index (χ3n) is 4.43. The highest BCUT2D eigenvalue weighted by Gasteiger charge is 2.27. The van der Waals surface area contributed by atoms with E-state index >= 15 is 0 Å². The van der Waals surface area contributed by atoms with Gasteiger partial charge >= 0.3 is 5.97 Å². The van der Waals surface area contributed by atoms with Crippen LogP contribution < -0.4 is 10.5 Å². The van der Waals surface area contributed by atoms with Gasteiger partial charge in [-0.1, -0.05) is 0 Å². The Morgan fingerprint density at radius 3 is 2.67 bits per heavy atom. The van der Waals surface area contributed by atoms with Crippen LogP contribution in [-0.4, -0.2) is 34.2 Å². The number of aromatic nitrogens is 1. The number of carbonyl (C=O) groups is 1. The molecule has 0 bridgehead atoms. The SMILES string of the molecule is COc1ccc([N+](=O)[O-])c2c(CC(CCN)C(=O)O)c(C)n(C)c12. The van der Waals surface area contributed by atoms with Crippen molar-refractivity contribution < 1.29 is 19.6 Å². The number of carboxylic acids is 1. The lowest BCUT2D eigenvalue weighted by Crippen LogP contribution is -2.20. The second-order valence-electron chi connectivity index (χ2n) is 5.71. The van der Waals surface area contributed by atoms with Crippen molar-refractivity contribution in [1.29, 1.82) is 0 Å². The molecule has 1 aromatic heterocycles. The molecule has 0 radical (unpaired) electrons. The van der Waals surface area contributed by atoms with Gasteiger partial charge in [0.05, 0.1) is 28.9 Å². The van der Waals surface area contributed by atoms with E-state index in [1.165, 1.54) is 13.2 Å². The van der Waals surface area contributed by atoms with Crippen LogP contribution >= 0.6 is 0 Å². The number of methoxy groups -OCH3 is 1. The summed E-state index contributed by atoms with van der Waals surface area (Å²) in [5.41, 5.74) is 7.47. The number of aliphatic carboxylic acids is 1. The maximum atomic E-state index is 11.5. The highest BCUT2D eigenvalue weighted by molar-refractivity contribution is 5.97. The van der Waals surface area contributed by atoms with E-state index in [1.807, 2.05) is 6.92 Å². The molecular formula is C16H21N3O5. The van der Waals surface area contributed by atoms with Crippen molar-refractivity contribution in [2.45, 2.75) is 19.8 Å². The lowest BCUT2D eigenvalue weighted by molar-refractivity contribution is -0.383. The van der Waals surface area contributed by atoms with Gasteiger partial charge < -0.3 is 20.1 Å². The van der Waals surface area contributed by atoms with Crippen molar-refractivity contribution in [3.8, 4) is 5.75 Å². The number of hydrogen-bond acceptors (Lipinski definition) is 5. The lowest BCUT2D eigenvalue weighted by atomic mass is 9.94. The molecule has 2 rings (SSSR count). The molecule has 0 fully saturated rings. The van der Waals surface area contributed by atoms with Gasteiger partial charge in [0.2, 0.25) is 0 Å². The number of nitro benzene ring substituents is 1. The van der Waals surface area contributed by atoms with Crippen molar-refractivity contribution >= 4 is 22.6 Å². The van der Waals surface area contributed by atoms with E-state index in [2.05, 4.69) is 0 Å². The van der Waals surface area contributed by atoms with E-state index in [4.69, 9.17) is 10.5 Å². The molecule has 1 atom stereocenters. The fraction of sp³-hybridized carbons (Fsp3) is 0.438. The molecule has 2 aromatic rings. The van der Waals surface area contributed by atoms with Crippen LogP contribution in [0.5, 0.6) is 5.75 Å². The Bertz CT molecular complexity index is 797. The van der Waals surface area contributed by atoms with E-state index < -0.39 is 16.8 Å². The molecule has 0 aliphatic rings. The van der Waals surface area contributed by atoms with Gasteiger partial charge in [0.25, 0.3) is 5.69 Å². The summed E-state index contributed by atoms with van der Waals surface area (Å²) in [6.07, 6.45) is 0.493. The summed E-state index contributed by atoms with van der Waals surface area (Å²) >= 11 is 0. The van der Waals surface area contributed by atoms with Gasteiger partial charge in [-0.25, -0.2) is 0 Å². The number of nitro groups is 1. The molecule has 0 aliphatic heterocycles. The molecule has 1 heterocycles. The molecule has 8 heteroatoms. The number of nitrogens with two attached hydrogens (primary N) is 1. The molecule has 0 amide bonds. The van der Waals surface area contributed by atoms with Crippen molar-refractivity contribution in [3.63, 3.8) is 0 Å². The van der Waals surface area contributed by atoms with Crippen molar-refractivity contribution in [2.75, 3.05) is 13.7 Å². The van der Waals surface area contributed by atoms with Gasteiger partial charge in [0.1, 0.15) is 5.75 Å². The van der Waals surface area contributed by atoms with Gasteiger partial charge in [-0.2, -0.15) is 0 Å². The number of hydrogen-bond donors (Lipinski definition) is 2. The number of fused-ring (bicyclic) bond motifs is 1. The molecule has 8 nitrogen and oxygen atoms in total. The molecule has 1 aromatic carbocycles. The quantitative estimate of drug-likeness (QED) is 0.589. The fourth-order valence-corrected chi connectivity index (χ4v) is 3.07. The minimum absolute atomic E-state index is 0.0543. The molecule has 1 unspecified atom stereocenters. The first-order valence-corrected chi connectivity index (χ1v) is 7.55. The standard InChI is InChI=1S/C16H21N3O5/c1-9-11(8-10(6-7-17)16(20)21)14-12(19(22)23)4-5-13(24-3)15(14)18(9)2/h4-5,10H,6-8,17H2,1-3H3,(H,20,21). The van der Waals surface area contributed by atoms with Crippen LogP contribution in [-0.2, 0) is 18.3 Å². The Balaban J connectivity index is 2.75. The monoisotopic (exact) mass is 335 g/mol. The Kier molecular flexibility index (Phi) is 5.08. The number of carboxylic acid groups (broad SMARTS) is 1. The Morgan fingerprint density at radius 2 is 2.17 bits per heavy atom. The van der Waals surface area contributed by atoms with Gasteiger partial charge in [0, 0.05) is 18.8 Å². The summed E-state index contributed by atoms with van der Waals surface area (Å²) < 4.78 is 7.13. The predicted molar refractivity (Wildman–Crippen MR) is 89.4 cm³/mol. The lowest BCUT2D eigenvalue weighted by Gasteiger charge is -2.11. The summed E-state index contributed by atoms with van der Waals surface area (Å²) in [7, 11) is 3.28. The minimum atomic E-state index is -0.956. The van der Waals surface area contributed by atoms with Crippen LogP contribution in [0.4, 0.5) is 5.69 Å². The third-order valence-corrected chi connectivity index (χ3v) is 4.43. The van der Waals surface area contributed by atoms with Gasteiger partial charge in [-0.05, 0) is 37.9 Å². The maximum absolute atomic E-state index is 11.5. The zero-order chi connectivity index (χ0) is 18.0. The first-order valence-electron chi connectivity index (χ1n) is 7.55. The van der Waals surface area contributed by atoms with Crippen LogP contribution in [0.3, 0.4) is 0 Å². The van der Waals surface area contributed by atoms with Crippen molar-refractivity contribution in [3.05, 3.63) is 33.5 Å². The molecular weight excluding hydrogens is 314 g/mol. The molecule has 0 aliphatic carbocycles. The van der Waals surface area contributed by atoms with Crippen LogP contribution in [0.25, 0.3) is 10.9 Å². The van der Waals surface area contributed by atoms with Crippen LogP contribution in [0.2, 0.25) is 0 Å². The molecule has 3 N–H and O–H groups in total. The van der Waals surface area contributed by atoms with Crippen LogP contribution in [0, 0.1) is 23.0 Å². The Morgan fingerprint density at radius 1 is 1.50 bits per heavy atom. The first-order chi connectivity index (χ1) is 11.3. The molecule has 130 valence electrons. The number of rotatable bonds is 7. The number of ether oxygens (including phenoxy) is 1. The molecule has 0 spiro atoms. The summed E-state index contributed by atoms with van der Waals surface area (Å²) in [6, 6.07) is 2.95. The van der Waals surface area contributed by atoms with Crippen molar-refractivity contribution in [1.82, 2.24) is 4.57 Å². The van der Waals surface area contributed by atoms with Crippen molar-refractivity contribution in [2.24, 2.45) is 18.7 Å². The van der Waals surface area contributed by atoms with Gasteiger partial charge in [-0.3, -0.25) is 14.9 Å². The Labute approximate surface area is 139 Å². The van der Waals surface area contributed by atoms with Gasteiger partial charge in [0.15, 0.2) is 0 Å². The minimum Gasteiger partial charge on any atom is -0.495 e. The predicted octanol–water partition coefficient (Wildman–Crippen LogP) is 2.00. The van der Waals surface area contributed by atoms with E-state index in [1.54, 1.807) is 17.7 Å².